The van der Waals surface area contributed by atoms with Crippen LogP contribution in [0.25, 0.3) is 0 Å². The third-order valence-corrected chi connectivity index (χ3v) is 6.88. The Morgan fingerprint density at radius 1 is 1.27 bits per heavy atom. The van der Waals surface area contributed by atoms with Crippen molar-refractivity contribution < 1.29 is 24.2 Å². The van der Waals surface area contributed by atoms with E-state index in [1.54, 1.807) is 13.0 Å². The molecule has 2 aliphatic heterocycles. The van der Waals surface area contributed by atoms with Crippen LogP contribution in [0.4, 0.5) is 0 Å². The number of fused-ring (bicyclic) bond motifs is 2. The van der Waals surface area contributed by atoms with Gasteiger partial charge in [0.2, 0.25) is 0 Å². The molecule has 5 heteroatoms. The summed E-state index contributed by atoms with van der Waals surface area (Å²) in [6.45, 7) is 7.23. The van der Waals surface area contributed by atoms with Gasteiger partial charge < -0.3 is 14.6 Å². The third kappa shape index (κ3) is 1.30. The molecule has 2 heterocycles. The number of ether oxygens (including phenoxy) is 2. The van der Waals surface area contributed by atoms with Crippen molar-refractivity contribution >= 4 is 11.8 Å². The van der Waals surface area contributed by atoms with Crippen LogP contribution in [0.5, 0.6) is 0 Å². The third-order valence-electron chi connectivity index (χ3n) is 6.88. The molecule has 1 N–H and O–H groups in total. The summed E-state index contributed by atoms with van der Waals surface area (Å²) >= 11 is 0. The van der Waals surface area contributed by atoms with Crippen molar-refractivity contribution in [2.45, 2.75) is 52.1 Å². The van der Waals surface area contributed by atoms with E-state index in [9.17, 15) is 14.7 Å². The zero-order valence-electron chi connectivity index (χ0n) is 13.3. The molecule has 1 saturated carbocycles. The topological polar surface area (TPSA) is 72.8 Å². The average molecular weight is 306 g/mol. The van der Waals surface area contributed by atoms with E-state index in [-0.39, 0.29) is 29.6 Å². The Bertz CT molecular complexity index is 608. The molecule has 0 aromatic heterocycles. The fraction of sp³-hybridized carbons (Fsp3) is 0.765. The predicted octanol–water partition coefficient (Wildman–Crippen LogP) is 1.44. The summed E-state index contributed by atoms with van der Waals surface area (Å²) in [6, 6.07) is 0. The minimum Gasteiger partial charge on any atom is -0.461 e. The first-order valence-electron chi connectivity index (χ1n) is 7.98. The van der Waals surface area contributed by atoms with Gasteiger partial charge in [-0.25, -0.2) is 0 Å². The highest BCUT2D eigenvalue weighted by Crippen LogP contribution is 2.64. The number of carbonyl (C=O) groups excluding carboxylic acids is 2. The molecule has 120 valence electrons. The van der Waals surface area contributed by atoms with Crippen LogP contribution in [0.15, 0.2) is 12.2 Å². The van der Waals surface area contributed by atoms with E-state index < -0.39 is 28.7 Å². The Hall–Kier alpha value is -1.20. The maximum atomic E-state index is 12.6. The molecule has 6 unspecified atom stereocenters. The van der Waals surface area contributed by atoms with Gasteiger partial charge >= 0.3 is 5.97 Å². The van der Waals surface area contributed by atoms with E-state index in [0.29, 0.717) is 6.42 Å². The molecule has 8 atom stereocenters. The van der Waals surface area contributed by atoms with Gasteiger partial charge in [-0.15, -0.1) is 0 Å². The summed E-state index contributed by atoms with van der Waals surface area (Å²) in [5.74, 6) is -2.04. The van der Waals surface area contributed by atoms with Gasteiger partial charge in [-0.05, 0) is 45.1 Å². The molecule has 0 aromatic carbocycles. The number of rotatable bonds is 0. The number of ketones is 1. The number of aliphatic hydroxyl groups is 1. The van der Waals surface area contributed by atoms with Crippen molar-refractivity contribution in [3.63, 3.8) is 0 Å². The molecule has 0 radical (unpaired) electrons. The summed E-state index contributed by atoms with van der Waals surface area (Å²) in [4.78, 5) is 25.1. The highest BCUT2D eigenvalue weighted by molar-refractivity contribution is 5.98. The molecule has 2 aliphatic carbocycles. The van der Waals surface area contributed by atoms with Crippen LogP contribution in [-0.4, -0.2) is 34.9 Å². The maximum Gasteiger partial charge on any atom is 0.318 e. The monoisotopic (exact) mass is 306 g/mol. The molecule has 0 spiro atoms. The van der Waals surface area contributed by atoms with Crippen LogP contribution >= 0.6 is 0 Å². The predicted molar refractivity (Wildman–Crippen MR) is 76.5 cm³/mol. The summed E-state index contributed by atoms with van der Waals surface area (Å²) in [5, 5.41) is 10.8. The molecule has 4 aliphatic rings. The largest absolute Gasteiger partial charge is 0.461 e. The first kappa shape index (κ1) is 14.4. The molecular formula is C17H22O5. The molecule has 5 nitrogen and oxygen atoms in total. The van der Waals surface area contributed by atoms with E-state index in [0.717, 1.165) is 0 Å². The number of carbonyl (C=O) groups is 2. The number of hydrogen-bond donors (Lipinski definition) is 1. The zero-order chi connectivity index (χ0) is 16.1. The van der Waals surface area contributed by atoms with Gasteiger partial charge in [-0.1, -0.05) is 13.0 Å². The normalized spacial score (nSPS) is 59.2. The van der Waals surface area contributed by atoms with Gasteiger partial charge in [-0.2, -0.15) is 0 Å². The fourth-order valence-electron chi connectivity index (χ4n) is 5.33. The number of hydrogen-bond acceptors (Lipinski definition) is 5. The van der Waals surface area contributed by atoms with Crippen molar-refractivity contribution in [3.05, 3.63) is 12.2 Å². The molecule has 0 amide bonds. The smallest absolute Gasteiger partial charge is 0.318 e. The van der Waals surface area contributed by atoms with Crippen molar-refractivity contribution in [2.24, 2.45) is 28.6 Å². The van der Waals surface area contributed by atoms with Crippen molar-refractivity contribution in [2.75, 3.05) is 0 Å². The lowest BCUT2D eigenvalue weighted by Crippen LogP contribution is -2.47. The fourth-order valence-corrected chi connectivity index (χ4v) is 5.33. The van der Waals surface area contributed by atoms with Crippen LogP contribution < -0.4 is 0 Å². The first-order chi connectivity index (χ1) is 10.1. The van der Waals surface area contributed by atoms with Gasteiger partial charge in [0.05, 0.1) is 11.5 Å². The average Bonchev–Trinajstić information content (AvgIpc) is 2.91. The van der Waals surface area contributed by atoms with E-state index in [2.05, 4.69) is 6.92 Å². The lowest BCUT2D eigenvalue weighted by molar-refractivity contribution is -0.239. The summed E-state index contributed by atoms with van der Waals surface area (Å²) in [7, 11) is 0. The second-order valence-corrected chi connectivity index (χ2v) is 7.94. The quantitative estimate of drug-likeness (QED) is 0.686. The summed E-state index contributed by atoms with van der Waals surface area (Å²) < 4.78 is 11.6. The molecule has 22 heavy (non-hydrogen) atoms. The van der Waals surface area contributed by atoms with Crippen LogP contribution in [0.1, 0.15) is 34.1 Å². The second-order valence-electron chi connectivity index (χ2n) is 7.94. The van der Waals surface area contributed by atoms with E-state index in [1.165, 1.54) is 6.92 Å². The minimum atomic E-state index is -1.62. The molecule has 0 aromatic rings. The Kier molecular flexibility index (Phi) is 2.50. The van der Waals surface area contributed by atoms with Crippen LogP contribution in [-0.2, 0) is 19.1 Å². The Morgan fingerprint density at radius 2 is 1.95 bits per heavy atom. The van der Waals surface area contributed by atoms with Gasteiger partial charge in [0.15, 0.2) is 11.6 Å². The standard InChI is InChI=1S/C17H22O5/c1-8-7-10-12-13(15(2)9(8)5-6-11(15)18)22-17(4,20)16(12,3)14(19)21-10/h5-6,8-10,12-13,20H,7H2,1-4H3/t8-,9?,10?,12?,13?,15?,16+,17?/m1/s1. The summed E-state index contributed by atoms with van der Waals surface area (Å²) in [6.07, 6.45) is 3.48. The Morgan fingerprint density at radius 3 is 2.64 bits per heavy atom. The van der Waals surface area contributed by atoms with Gasteiger partial charge in [0, 0.05) is 5.92 Å². The molecule has 3 fully saturated rings. The maximum absolute atomic E-state index is 12.6. The highest BCUT2D eigenvalue weighted by Gasteiger charge is 2.76. The van der Waals surface area contributed by atoms with Gasteiger partial charge in [-0.3, -0.25) is 9.59 Å². The van der Waals surface area contributed by atoms with Crippen molar-refractivity contribution in [1.82, 2.24) is 0 Å². The SMILES string of the molecule is C[C@@H]1CC2OC(=O)[C@]3(C)C2C(OC3(C)O)C2(C)C(=O)C=CC12. The highest BCUT2D eigenvalue weighted by atomic mass is 16.7. The molecule has 4 rings (SSSR count). The van der Waals surface area contributed by atoms with E-state index >= 15 is 0 Å². The van der Waals surface area contributed by atoms with E-state index in [1.807, 2.05) is 13.0 Å². The van der Waals surface area contributed by atoms with Crippen LogP contribution in [0.2, 0.25) is 0 Å². The zero-order valence-corrected chi connectivity index (χ0v) is 13.3. The lowest BCUT2D eigenvalue weighted by Gasteiger charge is -2.37. The van der Waals surface area contributed by atoms with Crippen molar-refractivity contribution in [1.29, 1.82) is 0 Å². The minimum absolute atomic E-state index is 0.0226. The molecule has 2 saturated heterocycles. The van der Waals surface area contributed by atoms with Crippen LogP contribution in [0.3, 0.4) is 0 Å². The molecule has 0 bridgehead atoms. The van der Waals surface area contributed by atoms with E-state index in [4.69, 9.17) is 9.47 Å². The second kappa shape index (κ2) is 3.82. The lowest BCUT2D eigenvalue weighted by atomic mass is 9.64. The Labute approximate surface area is 129 Å². The van der Waals surface area contributed by atoms with Crippen LogP contribution in [0, 0.1) is 28.6 Å². The van der Waals surface area contributed by atoms with Gasteiger partial charge in [0.25, 0.3) is 0 Å². The molecular weight excluding hydrogens is 284 g/mol. The van der Waals surface area contributed by atoms with Crippen molar-refractivity contribution in [3.8, 4) is 0 Å². The number of allylic oxidation sites excluding steroid dienone is 2. The first-order valence-corrected chi connectivity index (χ1v) is 7.98. The van der Waals surface area contributed by atoms with Gasteiger partial charge in [0.1, 0.15) is 11.5 Å². The summed E-state index contributed by atoms with van der Waals surface area (Å²) in [5.41, 5.74) is -1.86. The Balaban J connectivity index is 1.92. The number of esters is 1.